The molecule has 0 aliphatic heterocycles. The Bertz CT molecular complexity index is 7960. The second kappa shape index (κ2) is 40.5. The van der Waals surface area contributed by atoms with Crippen molar-refractivity contribution in [2.45, 2.75) is 124 Å². The maximum atomic E-state index is 15.3. The molecule has 0 bridgehead atoms. The zero-order valence-electron chi connectivity index (χ0n) is 74.0. The molecule has 0 fully saturated rings. The zero-order chi connectivity index (χ0) is 109. The standard InChI is InChI=1S/C34H15F9N4O3.C34H15F9N4OS2.C34H15F9N4O/c2*1-16-4-6-17(7-5-16)26-24(31(46-2)47-3)13-23-28(26)29(49-33(38,39)40)22-12-21(19(14-44)15-45)25(27(22)30(23)50-34(41,42)43)18-8-10-20(11-9-18)48-32(35,36)37;1-16-4-6-17(7-5-16)26-24(31(46-2)47-3)13-23-28(26)29(32(35,36)37)22-12-21(19(14-44)15-45)25(27(22)30(23)33(38,39)40)18-8-10-20(11-9-18)48-34(41,42)43/h2*4-11H,12-13H2,1H3;4-11H,12-13H2,1H3. The predicted molar refractivity (Wildman–Crippen MR) is 470 cm³/mol. The van der Waals surface area contributed by atoms with Crippen LogP contribution in [0.25, 0.3) is 62.5 Å². The Morgan fingerprint density at radius 1 is 0.257 bits per heavy atom. The lowest BCUT2D eigenvalue weighted by Crippen LogP contribution is -2.36. The first kappa shape index (κ1) is 108. The fourth-order valence-electron chi connectivity index (χ4n) is 17.8. The van der Waals surface area contributed by atoms with Crippen molar-refractivity contribution < 1.29 is 142 Å². The van der Waals surface area contributed by atoms with Gasteiger partial charge in [0.1, 0.15) is 121 Å². The van der Waals surface area contributed by atoms with Crippen LogP contribution >= 0.6 is 23.5 Å². The summed E-state index contributed by atoms with van der Waals surface area (Å²) in [6.07, 6.45) is -41.6. The molecule has 0 unspecified atom stereocenters. The third-order valence-electron chi connectivity index (χ3n) is 23.0. The van der Waals surface area contributed by atoms with Gasteiger partial charge in [-0.1, -0.05) is 126 Å². The Labute approximate surface area is 823 Å². The first-order chi connectivity index (χ1) is 69.2. The molecular weight excluding hydrogens is 2050 g/mol. The van der Waals surface area contributed by atoms with Gasteiger partial charge in [0.15, 0.2) is 0 Å². The Morgan fingerprint density at radius 3 is 0.689 bits per heavy atom. The quantitative estimate of drug-likeness (QED) is 0.0455. The van der Waals surface area contributed by atoms with Crippen LogP contribution in [-0.4, -0.2) is 42.8 Å². The molecule has 0 saturated carbocycles. The zero-order valence-corrected chi connectivity index (χ0v) is 75.7. The molecule has 0 atom stereocenters. The van der Waals surface area contributed by atoms with Crippen LogP contribution in [-0.2, 0) is 50.9 Å². The topological polar surface area (TPSA) is 215 Å². The van der Waals surface area contributed by atoms with Crippen molar-refractivity contribution in [2.24, 2.45) is 0 Å². The summed E-state index contributed by atoms with van der Waals surface area (Å²) in [4.78, 5) is 17.8. The molecule has 148 heavy (non-hydrogen) atoms. The molecule has 46 heteroatoms. The summed E-state index contributed by atoms with van der Waals surface area (Å²) < 4.78 is 400. The Kier molecular flexibility index (Phi) is 29.4. The van der Waals surface area contributed by atoms with Crippen molar-refractivity contribution >= 4 is 57.0 Å². The smallest absolute Gasteiger partial charge is 0.406 e. The van der Waals surface area contributed by atoms with E-state index in [9.17, 15) is 124 Å². The van der Waals surface area contributed by atoms with E-state index in [1.165, 1.54) is 60.7 Å². The number of benzene rings is 9. The first-order valence-corrected chi connectivity index (χ1v) is 42.8. The molecule has 6 aliphatic carbocycles. The minimum Gasteiger partial charge on any atom is -0.406 e. The molecule has 9 aromatic carbocycles. The largest absolute Gasteiger partial charge is 0.573 e. The molecule has 0 N–H and O–H groups in total. The second-order valence-corrected chi connectivity index (χ2v) is 34.0. The van der Waals surface area contributed by atoms with Crippen molar-refractivity contribution in [1.29, 1.82) is 31.6 Å². The molecule has 15 rings (SSSR count). The van der Waals surface area contributed by atoms with Crippen LogP contribution in [0, 0.1) is 128 Å². The highest BCUT2D eigenvalue weighted by molar-refractivity contribution is 8.00. The molecule has 0 radical (unpaired) electrons. The van der Waals surface area contributed by atoms with Crippen LogP contribution in [0.4, 0.5) is 119 Å². The molecule has 0 aromatic heterocycles. The summed E-state index contributed by atoms with van der Waals surface area (Å²) in [5.41, 5.74) is -20.8. The monoisotopic (exact) mass is 2090 g/mol. The van der Waals surface area contributed by atoms with E-state index in [0.29, 0.717) is 11.1 Å². The first-order valence-electron chi connectivity index (χ1n) is 41.2. The number of nitrogens with zero attached hydrogens (tertiary/aromatic N) is 12. The fraction of sp³-hybridized carbons (Fsp3) is 0.176. The highest BCUT2D eigenvalue weighted by atomic mass is 32.2. The molecule has 744 valence electrons. The van der Waals surface area contributed by atoms with Crippen molar-refractivity contribution in [2.75, 3.05) is 0 Å². The van der Waals surface area contributed by atoms with E-state index < -0.39 is 266 Å². The van der Waals surface area contributed by atoms with Crippen LogP contribution in [0.5, 0.6) is 28.7 Å². The van der Waals surface area contributed by atoms with Crippen molar-refractivity contribution in [3.8, 4) is 65.2 Å². The van der Waals surface area contributed by atoms with E-state index in [1.54, 1.807) is 69.3 Å². The van der Waals surface area contributed by atoms with Gasteiger partial charge in [0, 0.05) is 67.5 Å². The molecular formula is C102H45F27N12O5S2. The third-order valence-corrected chi connectivity index (χ3v) is 24.7. The van der Waals surface area contributed by atoms with Gasteiger partial charge < -0.3 is 23.7 Å². The van der Waals surface area contributed by atoms with Gasteiger partial charge in [0.2, 0.25) is 0 Å². The normalized spacial score (nSPS) is 13.9. The number of hydrogen-bond donors (Lipinski definition) is 0. The van der Waals surface area contributed by atoms with Gasteiger partial charge in [-0.25, -0.2) is 0 Å². The maximum Gasteiger partial charge on any atom is 0.573 e. The Morgan fingerprint density at radius 2 is 0.453 bits per heavy atom. The fourth-order valence-corrected chi connectivity index (χ4v) is 19.6. The van der Waals surface area contributed by atoms with Gasteiger partial charge in [-0.2, -0.15) is 113 Å². The van der Waals surface area contributed by atoms with Crippen LogP contribution in [0.2, 0.25) is 0 Å². The third kappa shape index (κ3) is 22.3. The average Bonchev–Trinajstić information content (AvgIpc) is 1.54. The molecule has 0 saturated heterocycles. The summed E-state index contributed by atoms with van der Waals surface area (Å²) >= 11 is -1.29. The van der Waals surface area contributed by atoms with Crippen molar-refractivity contribution in [1.82, 2.24) is 0 Å². The SMILES string of the molecule is [C-]#[N+]C([N+]#[C-])=C1Cc2c(C(F)(F)F)c3c(c(C(F)(F)F)c2=C1c1ccc(C)cc1)CC(=C(C#N)C#N)C=3c1ccc(OC(F)(F)F)cc1.[C-]#[N+]C([N+]#[C-])=C1Cc2c(OC(F)(F)F)c3c(c(OC(F)(F)F)c2=C1c1ccc(C)cc1)CC(=C(C#N)C#N)C=3c1ccc(OC(F)(F)F)cc1.[C-]#[N+]C([N+]#[C-])=C1Cc2c(SC(F)(F)F)c3c(c(SC(F)(F)F)c2=C1c1ccc(C)cc1)CC(=C(C#N)C#N)C=3c1ccc(OC(F)(F)F)cc1. The highest BCUT2D eigenvalue weighted by Gasteiger charge is 2.52. The average molecular weight is 2100 g/mol. The lowest BCUT2D eigenvalue weighted by molar-refractivity contribution is -0.277. The van der Waals surface area contributed by atoms with Crippen molar-refractivity contribution in [3.05, 3.63) is 408 Å². The number of aryl methyl sites for hydroxylation is 3. The van der Waals surface area contributed by atoms with Crippen molar-refractivity contribution in [3.63, 3.8) is 0 Å². The number of halogens is 27. The summed E-state index contributed by atoms with van der Waals surface area (Å²) in [6, 6.07) is 37.7. The van der Waals surface area contributed by atoms with E-state index in [2.05, 4.69) is 52.8 Å². The summed E-state index contributed by atoms with van der Waals surface area (Å²) in [6.45, 7) is 50.3. The lowest BCUT2D eigenvalue weighted by Gasteiger charge is -2.19. The summed E-state index contributed by atoms with van der Waals surface area (Å²) in [5, 5.41) is 54.7. The summed E-state index contributed by atoms with van der Waals surface area (Å²) in [7, 11) is 0. The molecule has 6 aliphatic rings. The maximum absolute atomic E-state index is 15.3. The van der Waals surface area contributed by atoms with E-state index in [1.807, 2.05) is 0 Å². The minimum atomic E-state index is -5.50. The molecule has 0 amide bonds. The van der Waals surface area contributed by atoms with Gasteiger partial charge >= 0.3 is 72.6 Å². The molecule has 9 aromatic rings. The van der Waals surface area contributed by atoms with E-state index in [4.69, 9.17) is 39.4 Å². The highest BCUT2D eigenvalue weighted by Crippen LogP contribution is 2.52. The lowest BCUT2D eigenvalue weighted by atomic mass is 9.90. The molecule has 17 nitrogen and oxygen atoms in total. The van der Waals surface area contributed by atoms with Crippen LogP contribution < -0.4 is 55.0 Å². The van der Waals surface area contributed by atoms with Crippen LogP contribution in [0.1, 0.15) is 94.6 Å². The van der Waals surface area contributed by atoms with Gasteiger partial charge in [0.05, 0.1) is 27.8 Å². The Balaban J connectivity index is 0.000000185. The van der Waals surface area contributed by atoms with E-state index in [-0.39, 0.29) is 99.9 Å². The second-order valence-electron chi connectivity index (χ2n) is 31.8. The number of rotatable bonds is 13. The summed E-state index contributed by atoms with van der Waals surface area (Å²) in [5.74, 6) is -6.33. The number of thioether (sulfide) groups is 2. The van der Waals surface area contributed by atoms with Gasteiger partial charge in [-0.05, 0) is 210 Å². The van der Waals surface area contributed by atoms with Gasteiger partial charge in [-0.15, -0.1) is 65.9 Å². The van der Waals surface area contributed by atoms with Gasteiger partial charge in [0.25, 0.3) is 0 Å². The number of hydrogen-bond acceptors (Lipinski definition) is 13. The Hall–Kier alpha value is -17.7. The van der Waals surface area contributed by atoms with E-state index >= 15 is 26.3 Å². The van der Waals surface area contributed by atoms with Crippen LogP contribution in [0.15, 0.2) is 223 Å². The number of allylic oxidation sites excluding steroid dienone is 9. The van der Waals surface area contributed by atoms with Gasteiger partial charge in [-0.3, -0.25) is 0 Å². The van der Waals surface area contributed by atoms with E-state index in [0.717, 1.165) is 78.4 Å². The molecule has 0 spiro atoms. The number of fused-ring (bicyclic) bond motifs is 6. The minimum absolute atomic E-state index is 0.0192. The number of ether oxygens (including phenoxy) is 5. The van der Waals surface area contributed by atoms with Crippen LogP contribution in [0.3, 0.4) is 0 Å². The number of alkyl halides is 27. The molecule has 0 heterocycles. The number of nitriles is 6. The predicted octanol–water partition coefficient (Wildman–Crippen LogP) is 24.5.